The molecule has 152 valence electrons. The van der Waals surface area contributed by atoms with Gasteiger partial charge in [-0.3, -0.25) is 9.59 Å². The Morgan fingerprint density at radius 2 is 1.97 bits per heavy atom. The van der Waals surface area contributed by atoms with Gasteiger partial charge in [0.15, 0.2) is 6.10 Å². The van der Waals surface area contributed by atoms with E-state index in [0.717, 1.165) is 10.9 Å². The summed E-state index contributed by atoms with van der Waals surface area (Å²) < 4.78 is 0. The van der Waals surface area contributed by atoms with Crippen LogP contribution in [0.5, 0.6) is 0 Å². The SMILES string of the molecule is O=C(N[C@H](Cc1ccccc1)[C@@H](O)C(=O)NCCO)c1cc2cc(Cl)ncc2[nH]1. The summed E-state index contributed by atoms with van der Waals surface area (Å²) in [6.07, 6.45) is 0.271. The largest absolute Gasteiger partial charge is 0.395 e. The Labute approximate surface area is 171 Å². The predicted octanol–water partition coefficient (Wildman–Crippen LogP) is 1.03. The number of nitrogens with zero attached hydrogens (tertiary/aromatic N) is 1. The van der Waals surface area contributed by atoms with Crippen molar-refractivity contribution < 1.29 is 19.8 Å². The van der Waals surface area contributed by atoms with Crippen LogP contribution in [0.4, 0.5) is 0 Å². The Morgan fingerprint density at radius 1 is 1.21 bits per heavy atom. The van der Waals surface area contributed by atoms with Gasteiger partial charge in [-0.1, -0.05) is 41.9 Å². The van der Waals surface area contributed by atoms with Crippen molar-refractivity contribution in [3.05, 3.63) is 65.1 Å². The maximum absolute atomic E-state index is 12.8. The third-order valence-corrected chi connectivity index (χ3v) is 4.60. The predicted molar refractivity (Wildman–Crippen MR) is 109 cm³/mol. The highest BCUT2D eigenvalue weighted by Gasteiger charge is 2.28. The summed E-state index contributed by atoms with van der Waals surface area (Å²) in [5.41, 5.74) is 1.74. The van der Waals surface area contributed by atoms with Crippen LogP contribution in [-0.4, -0.2) is 57.3 Å². The van der Waals surface area contributed by atoms with Gasteiger partial charge in [0, 0.05) is 11.9 Å². The number of carbonyl (C=O) groups excluding carboxylic acids is 2. The second-order valence-corrected chi connectivity index (χ2v) is 6.89. The monoisotopic (exact) mass is 416 g/mol. The first-order chi connectivity index (χ1) is 14.0. The van der Waals surface area contributed by atoms with Crippen molar-refractivity contribution in [2.24, 2.45) is 0 Å². The summed E-state index contributed by atoms with van der Waals surface area (Å²) in [6, 6.07) is 11.6. The van der Waals surface area contributed by atoms with Gasteiger partial charge in [-0.25, -0.2) is 4.98 Å². The lowest BCUT2D eigenvalue weighted by Crippen LogP contribution is -2.52. The third kappa shape index (κ3) is 5.32. The van der Waals surface area contributed by atoms with Crippen molar-refractivity contribution in [3.8, 4) is 0 Å². The average molecular weight is 417 g/mol. The fourth-order valence-corrected chi connectivity index (χ4v) is 3.12. The van der Waals surface area contributed by atoms with E-state index < -0.39 is 24.0 Å². The lowest BCUT2D eigenvalue weighted by atomic mass is 10.0. The van der Waals surface area contributed by atoms with Crippen LogP contribution < -0.4 is 10.6 Å². The summed E-state index contributed by atoms with van der Waals surface area (Å²) in [5.74, 6) is -1.15. The molecule has 0 saturated heterocycles. The van der Waals surface area contributed by atoms with Gasteiger partial charge >= 0.3 is 0 Å². The Kier molecular flexibility index (Phi) is 6.82. The standard InChI is InChI=1S/C20H21ClN4O4/c21-17-10-13-9-15(24-16(13)11-23-17)19(28)25-14(8-12-4-2-1-3-5-12)18(27)20(29)22-6-7-26/h1-5,9-11,14,18,24,26-27H,6-8H2,(H,22,29)(H,25,28)/t14-,18-/m1/s1. The first-order valence-electron chi connectivity index (χ1n) is 9.03. The number of fused-ring (bicyclic) bond motifs is 1. The molecule has 3 aromatic rings. The van der Waals surface area contributed by atoms with Crippen molar-refractivity contribution in [3.63, 3.8) is 0 Å². The topological polar surface area (TPSA) is 127 Å². The van der Waals surface area contributed by atoms with Gasteiger partial charge in [-0.15, -0.1) is 0 Å². The molecule has 1 aromatic carbocycles. The van der Waals surface area contributed by atoms with Crippen LogP contribution in [0.3, 0.4) is 0 Å². The van der Waals surface area contributed by atoms with Gasteiger partial charge in [0.05, 0.1) is 24.4 Å². The minimum atomic E-state index is -1.49. The van der Waals surface area contributed by atoms with E-state index in [2.05, 4.69) is 20.6 Å². The van der Waals surface area contributed by atoms with Crippen LogP contribution in [0.15, 0.2) is 48.7 Å². The van der Waals surface area contributed by atoms with Crippen molar-refractivity contribution in [1.82, 2.24) is 20.6 Å². The summed E-state index contributed by atoms with van der Waals surface area (Å²) in [7, 11) is 0. The van der Waals surface area contributed by atoms with Crippen LogP contribution in [-0.2, 0) is 11.2 Å². The number of aromatic amines is 1. The van der Waals surface area contributed by atoms with Crippen molar-refractivity contribution in [2.75, 3.05) is 13.2 Å². The van der Waals surface area contributed by atoms with Gasteiger partial charge in [-0.05, 0) is 24.1 Å². The van der Waals surface area contributed by atoms with Gasteiger partial charge < -0.3 is 25.8 Å². The lowest BCUT2D eigenvalue weighted by Gasteiger charge is -2.23. The van der Waals surface area contributed by atoms with Gasteiger partial charge in [-0.2, -0.15) is 0 Å². The highest BCUT2D eigenvalue weighted by atomic mass is 35.5. The molecule has 2 heterocycles. The third-order valence-electron chi connectivity index (χ3n) is 4.39. The Bertz CT molecular complexity index is 993. The molecule has 0 aliphatic carbocycles. The Balaban J connectivity index is 1.80. The molecule has 8 nitrogen and oxygen atoms in total. The number of aliphatic hydroxyl groups excluding tert-OH is 2. The molecular weight excluding hydrogens is 396 g/mol. The highest BCUT2D eigenvalue weighted by Crippen LogP contribution is 2.18. The minimum Gasteiger partial charge on any atom is -0.395 e. The van der Waals surface area contributed by atoms with E-state index in [-0.39, 0.29) is 25.3 Å². The van der Waals surface area contributed by atoms with Crippen LogP contribution >= 0.6 is 11.6 Å². The molecule has 3 rings (SSSR count). The summed E-state index contributed by atoms with van der Waals surface area (Å²) >= 11 is 5.88. The van der Waals surface area contributed by atoms with E-state index in [1.54, 1.807) is 12.1 Å². The van der Waals surface area contributed by atoms with E-state index in [4.69, 9.17) is 16.7 Å². The molecule has 0 spiro atoms. The number of pyridine rings is 1. The van der Waals surface area contributed by atoms with E-state index >= 15 is 0 Å². The fraction of sp³-hybridized carbons (Fsp3) is 0.250. The molecule has 0 aliphatic rings. The quantitative estimate of drug-likeness (QED) is 0.350. The number of aliphatic hydroxyl groups is 2. The second kappa shape index (κ2) is 9.51. The van der Waals surface area contributed by atoms with Crippen molar-refractivity contribution >= 4 is 34.3 Å². The first-order valence-corrected chi connectivity index (χ1v) is 9.41. The van der Waals surface area contributed by atoms with Crippen LogP contribution in [0, 0.1) is 0 Å². The fourth-order valence-electron chi connectivity index (χ4n) is 2.95. The average Bonchev–Trinajstić information content (AvgIpc) is 3.15. The Morgan fingerprint density at radius 3 is 2.69 bits per heavy atom. The van der Waals surface area contributed by atoms with E-state index in [0.29, 0.717) is 10.7 Å². The van der Waals surface area contributed by atoms with Crippen molar-refractivity contribution in [2.45, 2.75) is 18.6 Å². The van der Waals surface area contributed by atoms with Crippen LogP contribution in [0.2, 0.25) is 5.15 Å². The smallest absolute Gasteiger partial charge is 0.268 e. The maximum Gasteiger partial charge on any atom is 0.268 e. The number of carbonyl (C=O) groups is 2. The summed E-state index contributed by atoms with van der Waals surface area (Å²) in [5, 5.41) is 25.5. The Hall–Kier alpha value is -2.94. The molecule has 2 amide bonds. The zero-order valence-electron chi connectivity index (χ0n) is 15.4. The number of H-pyrrole nitrogens is 1. The molecule has 2 aromatic heterocycles. The number of nitrogens with one attached hydrogen (secondary N) is 3. The highest BCUT2D eigenvalue weighted by molar-refractivity contribution is 6.30. The van der Waals surface area contributed by atoms with Gasteiger partial charge in [0.2, 0.25) is 0 Å². The maximum atomic E-state index is 12.8. The number of hydrogen-bond acceptors (Lipinski definition) is 5. The lowest BCUT2D eigenvalue weighted by molar-refractivity contribution is -0.130. The molecule has 0 fully saturated rings. The molecule has 2 atom stereocenters. The zero-order chi connectivity index (χ0) is 20.8. The molecule has 0 aliphatic heterocycles. The van der Waals surface area contributed by atoms with Crippen LogP contribution in [0.25, 0.3) is 10.9 Å². The summed E-state index contributed by atoms with van der Waals surface area (Å²) in [4.78, 5) is 31.8. The van der Waals surface area contributed by atoms with E-state index in [1.807, 2.05) is 30.3 Å². The number of hydrogen-bond donors (Lipinski definition) is 5. The van der Waals surface area contributed by atoms with E-state index in [1.165, 1.54) is 6.20 Å². The molecule has 0 bridgehead atoms. The van der Waals surface area contributed by atoms with Gasteiger partial charge in [0.25, 0.3) is 11.8 Å². The molecule has 0 saturated carbocycles. The van der Waals surface area contributed by atoms with Crippen LogP contribution in [0.1, 0.15) is 16.1 Å². The number of aromatic nitrogens is 2. The summed E-state index contributed by atoms with van der Waals surface area (Å²) in [6.45, 7) is -0.239. The number of amides is 2. The van der Waals surface area contributed by atoms with E-state index in [9.17, 15) is 14.7 Å². The minimum absolute atomic E-state index is 0.0116. The molecule has 0 unspecified atom stereocenters. The second-order valence-electron chi connectivity index (χ2n) is 6.51. The van der Waals surface area contributed by atoms with Gasteiger partial charge in [0.1, 0.15) is 10.8 Å². The zero-order valence-corrected chi connectivity index (χ0v) is 16.2. The first kappa shape index (κ1) is 20.8. The normalized spacial score (nSPS) is 13.1. The number of rotatable bonds is 8. The number of benzene rings is 1. The molecule has 0 radical (unpaired) electrons. The van der Waals surface area contributed by atoms with Crippen molar-refractivity contribution in [1.29, 1.82) is 0 Å². The molecule has 9 heteroatoms. The molecule has 29 heavy (non-hydrogen) atoms. The molecule has 5 N–H and O–H groups in total. The number of halogens is 1. The molecular formula is C20H21ClN4O4.